The molecule has 0 saturated carbocycles. The number of halogens is 2. The molecular weight excluding hydrogens is 94.9 g/mol. The van der Waals surface area contributed by atoms with Gasteiger partial charge in [-0.15, -0.1) is 23.2 Å². The Bertz CT molecular complexity index is 8.75. The van der Waals surface area contributed by atoms with Crippen molar-refractivity contribution in [1.29, 1.82) is 0 Å². The minimum absolute atomic E-state index is 0.722. The van der Waals surface area contributed by atoms with Gasteiger partial charge in [0.1, 0.15) is 4.84 Å². The van der Waals surface area contributed by atoms with Gasteiger partial charge in [0.15, 0.2) is 0 Å². The van der Waals surface area contributed by atoms with Crippen LogP contribution in [0.25, 0.3) is 0 Å². The van der Waals surface area contributed by atoms with Crippen LogP contribution in [0.15, 0.2) is 0 Å². The van der Waals surface area contributed by atoms with E-state index in [-0.39, 0.29) is 0 Å². The Balaban J connectivity index is 2.32. The van der Waals surface area contributed by atoms with E-state index < -0.39 is 4.84 Å². The molecule has 0 aliphatic heterocycles. The van der Waals surface area contributed by atoms with Gasteiger partial charge in [0.05, 0.1) is 0 Å². The second kappa shape index (κ2) is 1.86. The summed E-state index contributed by atoms with van der Waals surface area (Å²) in [5.41, 5.74) is 0. The van der Waals surface area contributed by atoms with Gasteiger partial charge in [0, 0.05) is 6.92 Å². The molecule has 0 aliphatic carbocycles. The minimum Gasteiger partial charge on any atom is -0.105 e. The topological polar surface area (TPSA) is 0 Å². The first-order valence-electron chi connectivity index (χ1n) is 0.770. The smallest absolute Gasteiger partial charge is 0.105 e. The Morgan fingerprint density at radius 2 is 1.50 bits per heavy atom. The molecule has 0 N–H and O–H groups in total. The van der Waals surface area contributed by atoms with Crippen LogP contribution >= 0.6 is 23.2 Å². The lowest BCUT2D eigenvalue weighted by Crippen LogP contribution is -1.64. The van der Waals surface area contributed by atoms with Crippen LogP contribution in [0.4, 0.5) is 0 Å². The van der Waals surface area contributed by atoms with Crippen molar-refractivity contribution < 1.29 is 0 Å². The first-order chi connectivity index (χ1) is 1.73. The lowest BCUT2D eigenvalue weighted by Gasteiger charge is -1.71. The van der Waals surface area contributed by atoms with Gasteiger partial charge in [0.25, 0.3) is 0 Å². The predicted octanol–water partition coefficient (Wildman–Crippen LogP) is 1.50. The molecule has 0 rings (SSSR count). The van der Waals surface area contributed by atoms with Gasteiger partial charge in [-0.3, -0.25) is 0 Å². The normalized spacial score (nSPS) is 9.00. The van der Waals surface area contributed by atoms with Crippen LogP contribution in [-0.2, 0) is 0 Å². The SMILES string of the molecule is [CH]C(Cl)Cl. The van der Waals surface area contributed by atoms with Gasteiger partial charge in [-0.25, -0.2) is 0 Å². The third kappa shape index (κ3) is 19.1. The average molecular weight is 96.9 g/mol. The van der Waals surface area contributed by atoms with E-state index in [9.17, 15) is 0 Å². The van der Waals surface area contributed by atoms with Crippen LogP contribution in [0.5, 0.6) is 0 Å². The fourth-order valence-electron chi connectivity index (χ4n) is 0. The summed E-state index contributed by atoms with van der Waals surface area (Å²) in [6, 6.07) is 0. The molecule has 0 saturated heterocycles. The highest BCUT2D eigenvalue weighted by molar-refractivity contribution is 6.44. The molecule has 0 amide bonds. The Hall–Kier alpha value is 0.580. The molecule has 0 aromatic heterocycles. The van der Waals surface area contributed by atoms with Crippen molar-refractivity contribution in [1.82, 2.24) is 0 Å². The fourth-order valence-corrected chi connectivity index (χ4v) is 0. The van der Waals surface area contributed by atoms with E-state index >= 15 is 0 Å². The molecule has 0 spiro atoms. The van der Waals surface area contributed by atoms with Crippen molar-refractivity contribution in [2.45, 2.75) is 4.84 Å². The first-order valence-corrected chi connectivity index (χ1v) is 1.64. The molecular formula is C2H2Cl2. The molecule has 0 bridgehead atoms. The monoisotopic (exact) mass is 96.0 g/mol. The predicted molar refractivity (Wildman–Crippen MR) is 19.8 cm³/mol. The quantitative estimate of drug-likeness (QED) is 0.402. The second-order valence-corrected chi connectivity index (χ2v) is 1.50. The van der Waals surface area contributed by atoms with Crippen molar-refractivity contribution >= 4 is 23.2 Å². The van der Waals surface area contributed by atoms with E-state index in [0.717, 1.165) is 0 Å². The van der Waals surface area contributed by atoms with E-state index in [1.54, 1.807) is 0 Å². The van der Waals surface area contributed by atoms with Crippen molar-refractivity contribution in [2.24, 2.45) is 0 Å². The Kier molecular flexibility index (Phi) is 2.13. The van der Waals surface area contributed by atoms with Crippen LogP contribution in [0.1, 0.15) is 0 Å². The molecule has 2 radical (unpaired) electrons. The summed E-state index contributed by atoms with van der Waals surface area (Å²) in [5.74, 6) is 0. The summed E-state index contributed by atoms with van der Waals surface area (Å²) in [6.45, 7) is 4.64. The van der Waals surface area contributed by atoms with E-state index in [4.69, 9.17) is 23.2 Å². The molecule has 2 heteroatoms. The Morgan fingerprint density at radius 1 is 1.50 bits per heavy atom. The maximum atomic E-state index is 4.82. The van der Waals surface area contributed by atoms with E-state index in [0.29, 0.717) is 0 Å². The average Bonchev–Trinajstić information content (AvgIpc) is 0.811. The lowest BCUT2D eigenvalue weighted by molar-refractivity contribution is 1.64. The number of hydrogen-bond acceptors (Lipinski definition) is 0. The lowest BCUT2D eigenvalue weighted by atomic mass is 11.0. The van der Waals surface area contributed by atoms with Crippen LogP contribution in [0, 0.1) is 6.92 Å². The van der Waals surface area contributed by atoms with Gasteiger partial charge in [-0.2, -0.15) is 0 Å². The highest BCUT2D eigenvalue weighted by Crippen LogP contribution is 1.94. The molecule has 0 aliphatic rings. The van der Waals surface area contributed by atoms with Gasteiger partial charge in [-0.1, -0.05) is 0 Å². The molecule has 0 fully saturated rings. The number of rotatable bonds is 0. The minimum atomic E-state index is -0.722. The molecule has 0 atom stereocenters. The zero-order valence-electron chi connectivity index (χ0n) is 1.91. The van der Waals surface area contributed by atoms with E-state index in [1.165, 1.54) is 0 Å². The Morgan fingerprint density at radius 3 is 1.50 bits per heavy atom. The van der Waals surface area contributed by atoms with Crippen LogP contribution in [0.3, 0.4) is 0 Å². The van der Waals surface area contributed by atoms with Crippen molar-refractivity contribution in [2.75, 3.05) is 0 Å². The number of alkyl halides is 2. The highest BCUT2D eigenvalue weighted by atomic mass is 35.5. The molecule has 0 aromatic carbocycles. The summed E-state index contributed by atoms with van der Waals surface area (Å²) in [4.78, 5) is -0.722. The van der Waals surface area contributed by atoms with Gasteiger partial charge in [0.2, 0.25) is 0 Å². The summed E-state index contributed by atoms with van der Waals surface area (Å²) >= 11 is 9.64. The van der Waals surface area contributed by atoms with Crippen molar-refractivity contribution in [3.05, 3.63) is 6.92 Å². The van der Waals surface area contributed by atoms with Crippen LogP contribution in [-0.4, -0.2) is 4.84 Å². The maximum absolute atomic E-state index is 4.82. The first kappa shape index (κ1) is 4.58. The van der Waals surface area contributed by atoms with Crippen LogP contribution < -0.4 is 0 Å². The van der Waals surface area contributed by atoms with Gasteiger partial charge < -0.3 is 0 Å². The molecule has 0 aromatic rings. The number of hydrogen-bond donors (Lipinski definition) is 0. The van der Waals surface area contributed by atoms with Crippen molar-refractivity contribution in [3.8, 4) is 0 Å². The third-order valence-corrected chi connectivity index (χ3v) is 0. The molecule has 24 valence electrons. The fraction of sp³-hybridized carbons (Fsp3) is 0.500. The summed E-state index contributed by atoms with van der Waals surface area (Å²) < 4.78 is 0. The molecule has 0 nitrogen and oxygen atoms in total. The molecule has 0 heterocycles. The highest BCUT2D eigenvalue weighted by Gasteiger charge is 1.76. The summed E-state index contributed by atoms with van der Waals surface area (Å²) in [6.07, 6.45) is 0. The summed E-state index contributed by atoms with van der Waals surface area (Å²) in [7, 11) is 0. The van der Waals surface area contributed by atoms with E-state index in [2.05, 4.69) is 6.92 Å². The third-order valence-electron chi connectivity index (χ3n) is 0. The van der Waals surface area contributed by atoms with Gasteiger partial charge in [-0.05, 0) is 0 Å². The maximum Gasteiger partial charge on any atom is 0.111 e. The van der Waals surface area contributed by atoms with E-state index in [1.807, 2.05) is 0 Å². The Labute approximate surface area is 35.7 Å². The van der Waals surface area contributed by atoms with Crippen molar-refractivity contribution in [3.63, 3.8) is 0 Å². The zero-order chi connectivity index (χ0) is 3.58. The standard InChI is InChI=1S/C2H2Cl2/c1-2(3)4/h1-2H. The van der Waals surface area contributed by atoms with Gasteiger partial charge >= 0.3 is 0 Å². The second-order valence-electron chi connectivity index (χ2n) is 0.334. The van der Waals surface area contributed by atoms with Crippen LogP contribution in [0.2, 0.25) is 0 Å². The molecule has 0 unspecified atom stereocenters. The summed E-state index contributed by atoms with van der Waals surface area (Å²) in [5, 5.41) is 0. The largest absolute Gasteiger partial charge is 0.111 e. The molecule has 4 heavy (non-hydrogen) atoms. The zero-order valence-corrected chi connectivity index (χ0v) is 3.42.